The first-order valence-electron chi connectivity index (χ1n) is 5.93. The molecule has 7 heteroatoms. The first-order valence-corrected chi connectivity index (χ1v) is 7.41. The molecule has 1 aromatic rings. The summed E-state index contributed by atoms with van der Waals surface area (Å²) in [7, 11) is -2.69. The summed E-state index contributed by atoms with van der Waals surface area (Å²) in [5.74, 6) is -0.734. The van der Waals surface area contributed by atoms with Gasteiger partial charge in [0.25, 0.3) is 0 Å². The molecule has 1 unspecified atom stereocenters. The van der Waals surface area contributed by atoms with Crippen molar-refractivity contribution in [1.29, 1.82) is 0 Å². The largest absolute Gasteiger partial charge is 0.465 e. The van der Waals surface area contributed by atoms with Gasteiger partial charge in [-0.05, 0) is 31.5 Å². The van der Waals surface area contributed by atoms with Crippen molar-refractivity contribution in [2.45, 2.75) is 24.3 Å². The molecule has 0 spiro atoms. The normalized spacial score (nSPS) is 12.7. The van der Waals surface area contributed by atoms with Crippen molar-refractivity contribution in [1.82, 2.24) is 4.72 Å². The molecule has 1 atom stereocenters. The molecular formula is C13H18N2O4S. The summed E-state index contributed by atoms with van der Waals surface area (Å²) in [4.78, 5) is 11.4. The van der Waals surface area contributed by atoms with E-state index < -0.39 is 16.0 Å². The van der Waals surface area contributed by atoms with E-state index in [4.69, 9.17) is 5.73 Å². The minimum absolute atomic E-state index is 0.0556. The van der Waals surface area contributed by atoms with Gasteiger partial charge in [0.1, 0.15) is 0 Å². The maximum Gasteiger partial charge on any atom is 0.339 e. The van der Waals surface area contributed by atoms with Crippen molar-refractivity contribution in [3.05, 3.63) is 36.4 Å². The fourth-order valence-corrected chi connectivity index (χ4v) is 3.15. The van der Waals surface area contributed by atoms with Gasteiger partial charge in [-0.25, -0.2) is 17.9 Å². The van der Waals surface area contributed by atoms with Crippen LogP contribution in [0.2, 0.25) is 0 Å². The summed E-state index contributed by atoms with van der Waals surface area (Å²) in [6, 6.07) is 3.66. The lowest BCUT2D eigenvalue weighted by Crippen LogP contribution is -2.33. The Kier molecular flexibility index (Phi) is 5.29. The third-order valence-electron chi connectivity index (χ3n) is 2.58. The second-order valence-electron chi connectivity index (χ2n) is 4.29. The molecule has 0 radical (unpaired) electrons. The van der Waals surface area contributed by atoms with Crippen LogP contribution in [0.3, 0.4) is 0 Å². The number of nitrogens with two attached hydrogens (primary N) is 1. The minimum atomic E-state index is -3.87. The number of rotatable bonds is 6. The number of sulfonamides is 1. The molecule has 1 aromatic carbocycles. The van der Waals surface area contributed by atoms with Gasteiger partial charge in [-0.2, -0.15) is 0 Å². The number of esters is 1. The van der Waals surface area contributed by atoms with E-state index in [1.807, 2.05) is 0 Å². The Morgan fingerprint density at radius 3 is 2.75 bits per heavy atom. The molecule has 1 rings (SSSR count). The molecule has 3 N–H and O–H groups in total. The van der Waals surface area contributed by atoms with E-state index in [1.165, 1.54) is 25.3 Å². The zero-order chi connectivity index (χ0) is 15.3. The molecule has 0 aromatic heterocycles. The lowest BCUT2D eigenvalue weighted by molar-refractivity contribution is 0.0596. The number of carbonyl (C=O) groups is 1. The Labute approximate surface area is 118 Å². The number of hydrogen-bond acceptors (Lipinski definition) is 5. The first kappa shape index (κ1) is 16.2. The molecule has 0 aliphatic heterocycles. The molecular weight excluding hydrogens is 280 g/mol. The third kappa shape index (κ3) is 3.82. The number of methoxy groups -OCH3 is 1. The van der Waals surface area contributed by atoms with Crippen molar-refractivity contribution < 1.29 is 17.9 Å². The Morgan fingerprint density at radius 2 is 2.20 bits per heavy atom. The molecule has 110 valence electrons. The number of ether oxygens (including phenoxy) is 1. The molecule has 0 fully saturated rings. The van der Waals surface area contributed by atoms with Crippen molar-refractivity contribution in [3.8, 4) is 0 Å². The number of nitrogens with one attached hydrogen (secondary N) is 1. The molecule has 0 amide bonds. The van der Waals surface area contributed by atoms with E-state index in [2.05, 4.69) is 16.0 Å². The third-order valence-corrected chi connectivity index (χ3v) is 4.21. The number of hydrogen-bond donors (Lipinski definition) is 2. The van der Waals surface area contributed by atoms with Gasteiger partial charge in [-0.1, -0.05) is 6.08 Å². The summed E-state index contributed by atoms with van der Waals surface area (Å²) < 4.78 is 31.6. The van der Waals surface area contributed by atoms with Gasteiger partial charge in [0.2, 0.25) is 10.0 Å². The summed E-state index contributed by atoms with van der Waals surface area (Å²) >= 11 is 0. The van der Waals surface area contributed by atoms with Crippen molar-refractivity contribution in [2.24, 2.45) is 0 Å². The van der Waals surface area contributed by atoms with Crippen molar-refractivity contribution in [2.75, 3.05) is 12.8 Å². The Morgan fingerprint density at radius 1 is 1.55 bits per heavy atom. The first-order chi connectivity index (χ1) is 9.31. The summed E-state index contributed by atoms with van der Waals surface area (Å²) in [5.41, 5.74) is 5.78. The van der Waals surface area contributed by atoms with Crippen LogP contribution in [0.15, 0.2) is 35.7 Å². The van der Waals surface area contributed by atoms with Crippen molar-refractivity contribution in [3.63, 3.8) is 0 Å². The van der Waals surface area contributed by atoms with Crippen molar-refractivity contribution >= 4 is 21.7 Å². The molecule has 20 heavy (non-hydrogen) atoms. The molecule has 0 saturated carbocycles. The highest BCUT2D eigenvalue weighted by atomic mass is 32.2. The van der Waals surface area contributed by atoms with E-state index in [-0.39, 0.29) is 22.2 Å². The summed E-state index contributed by atoms with van der Waals surface area (Å²) in [6.45, 7) is 5.25. The van der Waals surface area contributed by atoms with E-state index >= 15 is 0 Å². The number of anilines is 1. The fourth-order valence-electron chi connectivity index (χ4n) is 1.67. The lowest BCUT2D eigenvalue weighted by Gasteiger charge is -2.14. The predicted molar refractivity (Wildman–Crippen MR) is 76.8 cm³/mol. The highest BCUT2D eigenvalue weighted by Crippen LogP contribution is 2.20. The zero-order valence-electron chi connectivity index (χ0n) is 11.4. The highest BCUT2D eigenvalue weighted by Gasteiger charge is 2.24. The molecule has 0 saturated heterocycles. The number of nitrogen functional groups attached to an aromatic ring is 1. The van der Waals surface area contributed by atoms with Gasteiger partial charge in [0, 0.05) is 11.7 Å². The SMILES string of the molecule is C=CCC(C)NS(=O)(=O)c1cc(N)ccc1C(=O)OC. The second-order valence-corrected chi connectivity index (χ2v) is 5.98. The lowest BCUT2D eigenvalue weighted by atomic mass is 10.2. The van der Waals surface area contributed by atoms with Gasteiger partial charge < -0.3 is 10.5 Å². The standard InChI is InChI=1S/C13H18N2O4S/c1-4-5-9(2)15-20(17,18)12-8-10(14)6-7-11(12)13(16)19-3/h4,6-9,15H,1,5,14H2,2-3H3. The van der Waals surface area contributed by atoms with Crippen LogP contribution < -0.4 is 10.5 Å². The minimum Gasteiger partial charge on any atom is -0.465 e. The quantitative estimate of drug-likeness (QED) is 0.468. The van der Waals surface area contributed by atoms with E-state index in [0.29, 0.717) is 6.42 Å². The van der Waals surface area contributed by atoms with Crippen LogP contribution in [0.4, 0.5) is 5.69 Å². The smallest absolute Gasteiger partial charge is 0.339 e. The zero-order valence-corrected chi connectivity index (χ0v) is 12.2. The number of benzene rings is 1. The fraction of sp³-hybridized carbons (Fsp3) is 0.308. The number of carbonyl (C=O) groups excluding carboxylic acids is 1. The topological polar surface area (TPSA) is 98.5 Å². The molecule has 0 aliphatic carbocycles. The van der Waals surface area contributed by atoms with E-state index in [0.717, 1.165) is 0 Å². The average Bonchev–Trinajstić information content (AvgIpc) is 2.37. The second kappa shape index (κ2) is 6.53. The van der Waals surface area contributed by atoms with Gasteiger partial charge >= 0.3 is 5.97 Å². The van der Waals surface area contributed by atoms with Crippen LogP contribution in [0.1, 0.15) is 23.7 Å². The molecule has 0 aliphatic rings. The van der Waals surface area contributed by atoms with Crippen LogP contribution in [0.25, 0.3) is 0 Å². The van der Waals surface area contributed by atoms with Gasteiger partial charge in [0.15, 0.2) is 0 Å². The van der Waals surface area contributed by atoms with Crippen LogP contribution in [-0.4, -0.2) is 27.5 Å². The van der Waals surface area contributed by atoms with Crippen LogP contribution in [-0.2, 0) is 14.8 Å². The highest BCUT2D eigenvalue weighted by molar-refractivity contribution is 7.89. The Hall–Kier alpha value is -1.86. The van der Waals surface area contributed by atoms with Crippen LogP contribution in [0, 0.1) is 0 Å². The predicted octanol–water partition coefficient (Wildman–Crippen LogP) is 1.30. The van der Waals surface area contributed by atoms with Gasteiger partial charge in [-0.3, -0.25) is 0 Å². The Balaban J connectivity index is 3.26. The molecule has 0 bridgehead atoms. The van der Waals surface area contributed by atoms with E-state index in [9.17, 15) is 13.2 Å². The summed E-state index contributed by atoms with van der Waals surface area (Å²) in [5, 5.41) is 0. The van der Waals surface area contributed by atoms with Crippen LogP contribution in [0.5, 0.6) is 0 Å². The van der Waals surface area contributed by atoms with Gasteiger partial charge in [0.05, 0.1) is 17.6 Å². The van der Waals surface area contributed by atoms with Gasteiger partial charge in [-0.15, -0.1) is 6.58 Å². The Bertz CT molecular complexity index is 611. The maximum absolute atomic E-state index is 12.3. The van der Waals surface area contributed by atoms with E-state index in [1.54, 1.807) is 13.0 Å². The average molecular weight is 298 g/mol. The summed E-state index contributed by atoms with van der Waals surface area (Å²) in [6.07, 6.45) is 2.07. The monoisotopic (exact) mass is 298 g/mol. The maximum atomic E-state index is 12.3. The molecule has 0 heterocycles. The molecule has 6 nitrogen and oxygen atoms in total. The van der Waals surface area contributed by atoms with Crippen LogP contribution >= 0.6 is 0 Å².